The number of carbonyl (C=O) groups excluding carboxylic acids is 1. The molecule has 5 nitrogen and oxygen atoms in total. The first-order valence-electron chi connectivity index (χ1n) is 5.31. The van der Waals surface area contributed by atoms with E-state index in [1.54, 1.807) is 12.1 Å². The average Bonchev–Trinajstić information content (AvgIpc) is 2.26. The van der Waals surface area contributed by atoms with Gasteiger partial charge in [-0.3, -0.25) is 4.79 Å². The molecule has 5 heteroatoms. The van der Waals surface area contributed by atoms with E-state index >= 15 is 0 Å². The van der Waals surface area contributed by atoms with Crippen molar-refractivity contribution in [2.24, 2.45) is 0 Å². The normalized spacial score (nSPS) is 10.4. The minimum atomic E-state index is -0.261. The Bertz CT molecular complexity index is 390. The number of hydrogen-bond acceptors (Lipinski definition) is 4. The highest BCUT2D eigenvalue weighted by Crippen LogP contribution is 2.28. The van der Waals surface area contributed by atoms with Crippen LogP contribution in [-0.4, -0.2) is 30.8 Å². The van der Waals surface area contributed by atoms with Gasteiger partial charge in [0.05, 0.1) is 13.2 Å². The van der Waals surface area contributed by atoms with E-state index < -0.39 is 0 Å². The van der Waals surface area contributed by atoms with Gasteiger partial charge in [0.15, 0.2) is 11.5 Å². The molecule has 94 valence electrons. The number of benzene rings is 1. The van der Waals surface area contributed by atoms with Gasteiger partial charge < -0.3 is 19.9 Å². The summed E-state index contributed by atoms with van der Waals surface area (Å²) in [5.41, 5.74) is 0.501. The van der Waals surface area contributed by atoms with Gasteiger partial charge in [0, 0.05) is 11.8 Å². The van der Waals surface area contributed by atoms with Crippen LogP contribution in [0.1, 0.15) is 13.8 Å². The van der Waals surface area contributed by atoms with Gasteiger partial charge in [0.25, 0.3) is 0 Å². The van der Waals surface area contributed by atoms with Gasteiger partial charge in [-0.2, -0.15) is 0 Å². The summed E-state index contributed by atoms with van der Waals surface area (Å²) < 4.78 is 10.0. The number of ether oxygens (including phenoxy) is 2. The SMILES string of the molecule is COc1ccc(NC(=O)COC(C)C)cc1O. The molecule has 0 atom stereocenters. The van der Waals surface area contributed by atoms with E-state index in [4.69, 9.17) is 9.47 Å². The third-order valence-corrected chi connectivity index (χ3v) is 2.01. The van der Waals surface area contributed by atoms with E-state index in [0.29, 0.717) is 11.4 Å². The van der Waals surface area contributed by atoms with Crippen molar-refractivity contribution in [3.8, 4) is 11.5 Å². The van der Waals surface area contributed by atoms with Crippen LogP contribution in [0.2, 0.25) is 0 Å². The molecule has 1 aromatic rings. The number of anilines is 1. The molecular formula is C12H17NO4. The van der Waals surface area contributed by atoms with E-state index in [0.717, 1.165) is 0 Å². The maximum Gasteiger partial charge on any atom is 0.250 e. The van der Waals surface area contributed by atoms with Crippen molar-refractivity contribution in [1.29, 1.82) is 0 Å². The lowest BCUT2D eigenvalue weighted by Gasteiger charge is -2.09. The van der Waals surface area contributed by atoms with Crippen molar-refractivity contribution in [2.45, 2.75) is 20.0 Å². The summed E-state index contributed by atoms with van der Waals surface area (Å²) in [7, 11) is 1.46. The molecule has 0 aliphatic carbocycles. The van der Waals surface area contributed by atoms with Crippen molar-refractivity contribution in [3.63, 3.8) is 0 Å². The summed E-state index contributed by atoms with van der Waals surface area (Å²) in [6, 6.07) is 4.65. The zero-order chi connectivity index (χ0) is 12.8. The number of amides is 1. The molecule has 1 rings (SSSR count). The van der Waals surface area contributed by atoms with E-state index in [-0.39, 0.29) is 24.4 Å². The first-order valence-corrected chi connectivity index (χ1v) is 5.31. The van der Waals surface area contributed by atoms with Crippen LogP contribution in [0.3, 0.4) is 0 Å². The fourth-order valence-electron chi connectivity index (χ4n) is 1.21. The second kappa shape index (κ2) is 6.10. The molecule has 0 fully saturated rings. The highest BCUT2D eigenvalue weighted by atomic mass is 16.5. The maximum absolute atomic E-state index is 11.4. The standard InChI is InChI=1S/C12H17NO4/c1-8(2)17-7-12(15)13-9-4-5-11(16-3)10(14)6-9/h4-6,8,14H,7H2,1-3H3,(H,13,15). The van der Waals surface area contributed by atoms with Gasteiger partial charge in [-0.1, -0.05) is 0 Å². The molecule has 0 saturated heterocycles. The van der Waals surface area contributed by atoms with E-state index in [1.165, 1.54) is 13.2 Å². The number of hydrogen-bond donors (Lipinski definition) is 2. The van der Waals surface area contributed by atoms with Crippen LogP contribution in [-0.2, 0) is 9.53 Å². The lowest BCUT2D eigenvalue weighted by atomic mass is 10.2. The highest BCUT2D eigenvalue weighted by Gasteiger charge is 2.06. The fourth-order valence-corrected chi connectivity index (χ4v) is 1.21. The topological polar surface area (TPSA) is 67.8 Å². The summed E-state index contributed by atoms with van der Waals surface area (Å²) >= 11 is 0. The predicted molar refractivity (Wildman–Crippen MR) is 64.4 cm³/mol. The average molecular weight is 239 g/mol. The first kappa shape index (κ1) is 13.3. The van der Waals surface area contributed by atoms with E-state index in [2.05, 4.69) is 5.32 Å². The molecule has 0 unspecified atom stereocenters. The number of carbonyl (C=O) groups is 1. The zero-order valence-electron chi connectivity index (χ0n) is 10.2. The maximum atomic E-state index is 11.4. The Morgan fingerprint density at radius 1 is 1.47 bits per heavy atom. The van der Waals surface area contributed by atoms with Crippen molar-refractivity contribution in [3.05, 3.63) is 18.2 Å². The molecule has 17 heavy (non-hydrogen) atoms. The number of phenols is 1. The Hall–Kier alpha value is -1.75. The van der Waals surface area contributed by atoms with Crippen molar-refractivity contribution >= 4 is 11.6 Å². The molecule has 0 aliphatic rings. The highest BCUT2D eigenvalue weighted by molar-refractivity contribution is 5.92. The summed E-state index contributed by atoms with van der Waals surface area (Å²) in [6.07, 6.45) is 0.00465. The molecular weight excluding hydrogens is 222 g/mol. The molecule has 0 bridgehead atoms. The number of phenolic OH excluding ortho intramolecular Hbond substituents is 1. The Balaban J connectivity index is 2.57. The number of aromatic hydroxyl groups is 1. The largest absolute Gasteiger partial charge is 0.504 e. The minimum absolute atomic E-state index is 0.00465. The third kappa shape index (κ3) is 4.32. The Morgan fingerprint density at radius 3 is 2.71 bits per heavy atom. The van der Waals surface area contributed by atoms with Crippen LogP contribution in [0.5, 0.6) is 11.5 Å². The fraction of sp³-hybridized carbons (Fsp3) is 0.417. The molecule has 1 amide bonds. The molecule has 0 aliphatic heterocycles. The lowest BCUT2D eigenvalue weighted by molar-refractivity contribution is -0.121. The third-order valence-electron chi connectivity index (χ3n) is 2.01. The van der Waals surface area contributed by atoms with Gasteiger partial charge in [-0.25, -0.2) is 0 Å². The van der Waals surface area contributed by atoms with Crippen LogP contribution in [0.25, 0.3) is 0 Å². The summed E-state index contributed by atoms with van der Waals surface area (Å²) in [5.74, 6) is 0.0831. The quantitative estimate of drug-likeness (QED) is 0.821. The first-order chi connectivity index (χ1) is 8.02. The van der Waals surface area contributed by atoms with Crippen molar-refractivity contribution in [2.75, 3.05) is 19.0 Å². The van der Waals surface area contributed by atoms with E-state index in [1.807, 2.05) is 13.8 Å². The Labute approximate surface area is 100 Å². The van der Waals surface area contributed by atoms with Crippen LogP contribution < -0.4 is 10.1 Å². The van der Waals surface area contributed by atoms with Crippen LogP contribution in [0.15, 0.2) is 18.2 Å². The zero-order valence-corrected chi connectivity index (χ0v) is 10.2. The van der Waals surface area contributed by atoms with Gasteiger partial charge in [0.2, 0.25) is 5.91 Å². The van der Waals surface area contributed by atoms with Crippen LogP contribution in [0.4, 0.5) is 5.69 Å². The smallest absolute Gasteiger partial charge is 0.250 e. The Kier molecular flexibility index (Phi) is 4.78. The van der Waals surface area contributed by atoms with Crippen molar-refractivity contribution in [1.82, 2.24) is 0 Å². The van der Waals surface area contributed by atoms with Crippen molar-refractivity contribution < 1.29 is 19.4 Å². The van der Waals surface area contributed by atoms with Crippen LogP contribution >= 0.6 is 0 Å². The van der Waals surface area contributed by atoms with Gasteiger partial charge >= 0.3 is 0 Å². The predicted octanol–water partition coefficient (Wildman–Crippen LogP) is 1.76. The minimum Gasteiger partial charge on any atom is -0.504 e. The summed E-state index contributed by atoms with van der Waals surface area (Å²) in [6.45, 7) is 3.70. The monoisotopic (exact) mass is 239 g/mol. The van der Waals surface area contributed by atoms with Gasteiger partial charge in [0.1, 0.15) is 6.61 Å². The molecule has 0 spiro atoms. The second-order valence-electron chi connectivity index (χ2n) is 3.79. The number of nitrogens with one attached hydrogen (secondary N) is 1. The van der Waals surface area contributed by atoms with E-state index in [9.17, 15) is 9.90 Å². The van der Waals surface area contributed by atoms with Crippen LogP contribution in [0, 0.1) is 0 Å². The Morgan fingerprint density at radius 2 is 2.18 bits per heavy atom. The molecule has 0 saturated carbocycles. The molecule has 2 N–H and O–H groups in total. The summed E-state index contributed by atoms with van der Waals surface area (Å²) in [5, 5.41) is 12.1. The summed E-state index contributed by atoms with van der Waals surface area (Å²) in [4.78, 5) is 11.4. The van der Waals surface area contributed by atoms with Gasteiger partial charge in [-0.15, -0.1) is 0 Å². The molecule has 0 heterocycles. The molecule has 1 aromatic carbocycles. The second-order valence-corrected chi connectivity index (χ2v) is 3.79. The number of rotatable bonds is 5. The molecule has 0 radical (unpaired) electrons. The molecule has 0 aromatic heterocycles. The number of methoxy groups -OCH3 is 1. The van der Waals surface area contributed by atoms with Gasteiger partial charge in [-0.05, 0) is 26.0 Å². The lowest BCUT2D eigenvalue weighted by Crippen LogP contribution is -2.20.